The number of allylic oxidation sites excluding steroid dienone is 5. The summed E-state index contributed by atoms with van der Waals surface area (Å²) in [6.07, 6.45) is 64.2. The molecule has 0 saturated carbocycles. The first-order chi connectivity index (χ1) is 27.7. The lowest BCUT2D eigenvalue weighted by atomic mass is 10.0. The molecule has 0 aromatic carbocycles. The third kappa shape index (κ3) is 43.7. The zero-order chi connectivity index (χ0) is 40.7. The van der Waals surface area contributed by atoms with Crippen LogP contribution in [0, 0.1) is 0 Å². The first kappa shape index (κ1) is 54.6. The molecule has 0 spiro atoms. The Hall–Kier alpha value is -1.39. The summed E-state index contributed by atoms with van der Waals surface area (Å²) in [6.45, 7) is 4.33. The Morgan fingerprint density at radius 1 is 0.429 bits per heavy atom. The molecule has 2 atom stereocenters. The fourth-order valence-electron chi connectivity index (χ4n) is 7.74. The van der Waals surface area contributed by atoms with Gasteiger partial charge in [0.2, 0.25) is 5.91 Å². The lowest BCUT2D eigenvalue weighted by Gasteiger charge is -2.20. The van der Waals surface area contributed by atoms with E-state index in [-0.39, 0.29) is 12.5 Å². The molecule has 0 aliphatic heterocycles. The average molecular weight is 786 g/mol. The van der Waals surface area contributed by atoms with E-state index < -0.39 is 12.1 Å². The number of carbonyl (C=O) groups is 1. The first-order valence-electron chi connectivity index (χ1n) is 25.2. The van der Waals surface area contributed by atoms with Crippen LogP contribution in [-0.4, -0.2) is 34.9 Å². The molecule has 0 aliphatic carbocycles. The van der Waals surface area contributed by atoms with Crippen LogP contribution in [0.25, 0.3) is 0 Å². The molecule has 0 aromatic heterocycles. The molecule has 2 unspecified atom stereocenters. The Labute approximate surface area is 351 Å². The molecule has 0 aromatic rings. The van der Waals surface area contributed by atoms with Gasteiger partial charge in [-0.15, -0.1) is 0 Å². The highest BCUT2D eigenvalue weighted by Crippen LogP contribution is 2.16. The fraction of sp³-hybridized carbons (Fsp3) is 0.865. The van der Waals surface area contributed by atoms with Gasteiger partial charge in [0.25, 0.3) is 0 Å². The number of nitrogens with one attached hydrogen (secondary N) is 1. The second-order valence-corrected chi connectivity index (χ2v) is 17.2. The molecule has 4 nitrogen and oxygen atoms in total. The number of hydrogen-bond acceptors (Lipinski definition) is 3. The summed E-state index contributed by atoms with van der Waals surface area (Å²) in [7, 11) is 0. The van der Waals surface area contributed by atoms with E-state index in [1.807, 2.05) is 6.08 Å². The van der Waals surface area contributed by atoms with Crippen molar-refractivity contribution in [3.8, 4) is 0 Å². The van der Waals surface area contributed by atoms with E-state index in [0.29, 0.717) is 6.42 Å². The normalized spacial score (nSPS) is 13.1. The maximum atomic E-state index is 12.4. The van der Waals surface area contributed by atoms with Crippen LogP contribution in [0.3, 0.4) is 0 Å². The maximum Gasteiger partial charge on any atom is 0.220 e. The van der Waals surface area contributed by atoms with Crippen LogP contribution < -0.4 is 5.32 Å². The van der Waals surface area contributed by atoms with E-state index in [4.69, 9.17) is 0 Å². The minimum absolute atomic E-state index is 0.0690. The number of carbonyl (C=O) groups excluding carboxylic acids is 1. The molecule has 0 heterocycles. The second-order valence-electron chi connectivity index (χ2n) is 17.2. The minimum Gasteiger partial charge on any atom is -0.394 e. The van der Waals surface area contributed by atoms with Crippen molar-refractivity contribution in [2.24, 2.45) is 0 Å². The van der Waals surface area contributed by atoms with Crippen LogP contribution in [0.2, 0.25) is 0 Å². The number of aliphatic hydroxyl groups is 2. The minimum atomic E-state index is -0.843. The highest BCUT2D eigenvalue weighted by Gasteiger charge is 2.18. The summed E-state index contributed by atoms with van der Waals surface area (Å²) in [5.74, 6) is -0.0690. The van der Waals surface area contributed by atoms with Crippen LogP contribution in [0.15, 0.2) is 36.5 Å². The van der Waals surface area contributed by atoms with E-state index in [1.54, 1.807) is 6.08 Å². The van der Waals surface area contributed by atoms with Crippen LogP contribution in [0.5, 0.6) is 0 Å². The van der Waals surface area contributed by atoms with Crippen molar-refractivity contribution >= 4 is 5.91 Å². The van der Waals surface area contributed by atoms with Crippen molar-refractivity contribution in [1.29, 1.82) is 0 Å². The van der Waals surface area contributed by atoms with Gasteiger partial charge in [0.15, 0.2) is 0 Å². The highest BCUT2D eigenvalue weighted by molar-refractivity contribution is 5.76. The molecule has 330 valence electrons. The zero-order valence-corrected chi connectivity index (χ0v) is 37.9. The number of hydrogen-bond donors (Lipinski definition) is 3. The molecule has 0 saturated heterocycles. The molecule has 4 heteroatoms. The molecular weight excluding hydrogens is 687 g/mol. The molecule has 56 heavy (non-hydrogen) atoms. The number of rotatable bonds is 46. The van der Waals surface area contributed by atoms with Crippen molar-refractivity contribution in [1.82, 2.24) is 5.32 Å². The van der Waals surface area contributed by atoms with E-state index in [0.717, 1.165) is 32.1 Å². The van der Waals surface area contributed by atoms with Crippen LogP contribution in [0.4, 0.5) is 0 Å². The molecule has 0 bridgehead atoms. The molecule has 0 rings (SSSR count). The Morgan fingerprint density at radius 3 is 1.07 bits per heavy atom. The van der Waals surface area contributed by atoms with E-state index in [9.17, 15) is 15.0 Å². The van der Waals surface area contributed by atoms with Crippen molar-refractivity contribution in [3.05, 3.63) is 36.5 Å². The maximum absolute atomic E-state index is 12.4. The smallest absolute Gasteiger partial charge is 0.220 e. The summed E-state index contributed by atoms with van der Waals surface area (Å²) in [6, 6.07) is -0.626. The van der Waals surface area contributed by atoms with Crippen LogP contribution in [0.1, 0.15) is 271 Å². The SMILES string of the molecule is CCCCCCCCCCC/C=C\C/C=C\CCCCCCCCCC(=O)NC(CO)C(O)/C=C/CCCCCCCCCCCCCCCCCCCCC. The van der Waals surface area contributed by atoms with Gasteiger partial charge in [0.1, 0.15) is 0 Å². The van der Waals surface area contributed by atoms with Crippen molar-refractivity contribution in [3.63, 3.8) is 0 Å². The summed E-state index contributed by atoms with van der Waals surface area (Å²) in [4.78, 5) is 12.4. The van der Waals surface area contributed by atoms with Gasteiger partial charge in [0.05, 0.1) is 18.8 Å². The van der Waals surface area contributed by atoms with Gasteiger partial charge < -0.3 is 15.5 Å². The fourth-order valence-corrected chi connectivity index (χ4v) is 7.74. The quantitative estimate of drug-likeness (QED) is 0.0425. The molecule has 3 N–H and O–H groups in total. The number of unbranched alkanes of at least 4 members (excludes halogenated alkanes) is 35. The van der Waals surface area contributed by atoms with Crippen LogP contribution >= 0.6 is 0 Å². The Bertz CT molecular complexity index is 851. The largest absolute Gasteiger partial charge is 0.394 e. The molecule has 0 fully saturated rings. The zero-order valence-electron chi connectivity index (χ0n) is 37.9. The summed E-state index contributed by atoms with van der Waals surface area (Å²) >= 11 is 0. The monoisotopic (exact) mass is 786 g/mol. The standard InChI is InChI=1S/C52H99NO3/c1-3-5-7-9-11-13-15-17-19-21-23-25-26-28-30-32-34-36-38-40-42-44-46-48-52(56)53-50(49-54)51(55)47-45-43-41-39-37-35-33-31-29-27-24-22-20-18-16-14-12-10-8-6-4-2/h23,25,28,30,45,47,50-51,54-55H,3-22,24,26-27,29,31-44,46,48-49H2,1-2H3,(H,53,56)/b25-23-,30-28-,47-45+. The van der Waals surface area contributed by atoms with E-state index in [2.05, 4.69) is 43.5 Å². The Balaban J connectivity index is 3.55. The van der Waals surface area contributed by atoms with Gasteiger partial charge in [-0.1, -0.05) is 249 Å². The summed E-state index contributed by atoms with van der Waals surface area (Å²) in [5.41, 5.74) is 0. The molecule has 1 amide bonds. The summed E-state index contributed by atoms with van der Waals surface area (Å²) in [5, 5.41) is 23.1. The van der Waals surface area contributed by atoms with Gasteiger partial charge in [-0.3, -0.25) is 4.79 Å². The summed E-state index contributed by atoms with van der Waals surface area (Å²) < 4.78 is 0. The number of amides is 1. The third-order valence-corrected chi connectivity index (χ3v) is 11.6. The van der Waals surface area contributed by atoms with E-state index in [1.165, 1.54) is 218 Å². The molecule has 0 radical (unpaired) electrons. The van der Waals surface area contributed by atoms with Gasteiger partial charge in [-0.2, -0.15) is 0 Å². The number of aliphatic hydroxyl groups excluding tert-OH is 2. The predicted octanol–water partition coefficient (Wildman–Crippen LogP) is 16.1. The lowest BCUT2D eigenvalue weighted by molar-refractivity contribution is -0.123. The van der Waals surface area contributed by atoms with Crippen molar-refractivity contribution in [2.75, 3.05) is 6.61 Å². The topological polar surface area (TPSA) is 69.6 Å². The van der Waals surface area contributed by atoms with Gasteiger partial charge in [-0.25, -0.2) is 0 Å². The van der Waals surface area contributed by atoms with Crippen molar-refractivity contribution < 1.29 is 15.0 Å². The Kier molecular flexibility index (Phi) is 46.8. The van der Waals surface area contributed by atoms with E-state index >= 15 is 0 Å². The molecule has 0 aliphatic rings. The van der Waals surface area contributed by atoms with Crippen molar-refractivity contribution in [2.45, 2.75) is 283 Å². The predicted molar refractivity (Wildman–Crippen MR) is 248 cm³/mol. The van der Waals surface area contributed by atoms with Gasteiger partial charge >= 0.3 is 0 Å². The highest BCUT2D eigenvalue weighted by atomic mass is 16.3. The van der Waals surface area contributed by atoms with Gasteiger partial charge in [-0.05, 0) is 51.4 Å². The molecular formula is C52H99NO3. The first-order valence-corrected chi connectivity index (χ1v) is 25.2. The Morgan fingerprint density at radius 2 is 0.732 bits per heavy atom. The second kappa shape index (κ2) is 48.0. The lowest BCUT2D eigenvalue weighted by Crippen LogP contribution is -2.45. The van der Waals surface area contributed by atoms with Crippen LogP contribution in [-0.2, 0) is 4.79 Å². The average Bonchev–Trinajstić information content (AvgIpc) is 3.20. The van der Waals surface area contributed by atoms with Gasteiger partial charge in [0, 0.05) is 6.42 Å². The third-order valence-electron chi connectivity index (χ3n) is 11.6.